The lowest BCUT2D eigenvalue weighted by Crippen LogP contribution is -2.23. The Hall–Kier alpha value is -1.56. The average molecular weight is 409 g/mol. The zero-order valence-electron chi connectivity index (χ0n) is 13.1. The molecule has 1 amide bonds. The molecule has 0 radical (unpaired) electrons. The average Bonchev–Trinajstić information content (AvgIpc) is 2.86. The Bertz CT molecular complexity index is 656. The van der Waals surface area contributed by atoms with E-state index in [1.807, 2.05) is 61.2 Å². The molecule has 116 valence electrons. The quantitative estimate of drug-likeness (QED) is 0.700. The predicted octanol–water partition coefficient (Wildman–Crippen LogP) is 4.48. The number of hydrogen-bond acceptors (Lipinski definition) is 2. The standard InChI is InChI=1S/C16H14INO2.C2H6/c1-20-13-7-12-10-18(9-11-5-3-2-4-6-11)16(19)15(12)14(17)8-13;1-2/h2-8H,9-10H2,1H3;1-2H3. The van der Waals surface area contributed by atoms with Crippen molar-refractivity contribution in [2.45, 2.75) is 26.9 Å². The Morgan fingerprint density at radius 2 is 1.86 bits per heavy atom. The largest absolute Gasteiger partial charge is 0.497 e. The summed E-state index contributed by atoms with van der Waals surface area (Å²) in [6, 6.07) is 13.9. The number of rotatable bonds is 3. The normalized spacial score (nSPS) is 12.5. The Balaban J connectivity index is 0.000000847. The second-order valence-corrected chi connectivity index (χ2v) is 5.95. The number of halogens is 1. The molecule has 0 saturated heterocycles. The lowest BCUT2D eigenvalue weighted by molar-refractivity contribution is 0.0766. The second kappa shape index (κ2) is 7.63. The molecule has 1 heterocycles. The number of methoxy groups -OCH3 is 1. The molecule has 0 bridgehead atoms. The van der Waals surface area contributed by atoms with Gasteiger partial charge in [0.25, 0.3) is 5.91 Å². The van der Waals surface area contributed by atoms with Crippen molar-refractivity contribution in [1.82, 2.24) is 4.90 Å². The van der Waals surface area contributed by atoms with Gasteiger partial charge in [0.1, 0.15) is 5.75 Å². The van der Waals surface area contributed by atoms with Crippen LogP contribution in [0, 0.1) is 3.57 Å². The molecule has 0 unspecified atom stereocenters. The molecule has 0 saturated carbocycles. The Morgan fingerprint density at radius 1 is 1.18 bits per heavy atom. The van der Waals surface area contributed by atoms with Crippen LogP contribution in [0.25, 0.3) is 0 Å². The van der Waals surface area contributed by atoms with E-state index in [9.17, 15) is 4.79 Å². The summed E-state index contributed by atoms with van der Waals surface area (Å²) in [7, 11) is 1.65. The first kappa shape index (κ1) is 16.8. The van der Waals surface area contributed by atoms with Crippen LogP contribution in [0.1, 0.15) is 35.3 Å². The molecule has 2 aromatic rings. The van der Waals surface area contributed by atoms with Gasteiger partial charge in [-0.2, -0.15) is 0 Å². The van der Waals surface area contributed by atoms with Gasteiger partial charge >= 0.3 is 0 Å². The predicted molar refractivity (Wildman–Crippen MR) is 97.1 cm³/mol. The molecule has 3 nitrogen and oxygen atoms in total. The van der Waals surface area contributed by atoms with Crippen molar-refractivity contribution >= 4 is 28.5 Å². The molecule has 0 fully saturated rings. The van der Waals surface area contributed by atoms with Gasteiger partial charge in [0.05, 0.1) is 12.7 Å². The third-order valence-electron chi connectivity index (χ3n) is 3.46. The van der Waals surface area contributed by atoms with Gasteiger partial charge < -0.3 is 9.64 Å². The number of hydrogen-bond donors (Lipinski definition) is 0. The van der Waals surface area contributed by atoms with Crippen LogP contribution in [0.15, 0.2) is 42.5 Å². The number of carbonyl (C=O) groups excluding carboxylic acids is 1. The molecule has 4 heteroatoms. The summed E-state index contributed by atoms with van der Waals surface area (Å²) in [5.74, 6) is 0.915. The van der Waals surface area contributed by atoms with E-state index in [1.165, 1.54) is 0 Å². The van der Waals surface area contributed by atoms with Crippen LogP contribution in [0.4, 0.5) is 0 Å². The summed E-state index contributed by atoms with van der Waals surface area (Å²) >= 11 is 2.20. The van der Waals surface area contributed by atoms with Crippen molar-refractivity contribution < 1.29 is 9.53 Å². The highest BCUT2D eigenvalue weighted by molar-refractivity contribution is 14.1. The van der Waals surface area contributed by atoms with Crippen molar-refractivity contribution in [3.05, 3.63) is 62.7 Å². The number of amides is 1. The molecule has 1 aliphatic heterocycles. The fourth-order valence-corrected chi connectivity index (χ4v) is 3.37. The van der Waals surface area contributed by atoms with Crippen LogP contribution in [0.2, 0.25) is 0 Å². The van der Waals surface area contributed by atoms with E-state index in [1.54, 1.807) is 7.11 Å². The van der Waals surface area contributed by atoms with Crippen LogP contribution in [0.3, 0.4) is 0 Å². The maximum Gasteiger partial charge on any atom is 0.255 e. The number of benzene rings is 2. The van der Waals surface area contributed by atoms with E-state index in [2.05, 4.69) is 22.6 Å². The summed E-state index contributed by atoms with van der Waals surface area (Å²) in [6.45, 7) is 5.29. The monoisotopic (exact) mass is 409 g/mol. The van der Waals surface area contributed by atoms with Crippen molar-refractivity contribution in [2.24, 2.45) is 0 Å². The Labute approximate surface area is 145 Å². The van der Waals surface area contributed by atoms with Gasteiger partial charge in [-0.05, 0) is 45.9 Å². The molecular weight excluding hydrogens is 389 g/mol. The fraction of sp³-hybridized carbons (Fsp3) is 0.278. The molecule has 2 aromatic carbocycles. The molecule has 3 rings (SSSR count). The van der Waals surface area contributed by atoms with Gasteiger partial charge in [0.15, 0.2) is 0 Å². The Morgan fingerprint density at radius 3 is 2.50 bits per heavy atom. The third-order valence-corrected chi connectivity index (χ3v) is 4.31. The summed E-state index contributed by atoms with van der Waals surface area (Å²) in [6.07, 6.45) is 0. The summed E-state index contributed by atoms with van der Waals surface area (Å²) in [5, 5.41) is 0. The summed E-state index contributed by atoms with van der Waals surface area (Å²) < 4.78 is 6.23. The zero-order chi connectivity index (χ0) is 16.1. The molecule has 0 N–H and O–H groups in total. The minimum atomic E-state index is 0.107. The van der Waals surface area contributed by atoms with Crippen molar-refractivity contribution in [1.29, 1.82) is 0 Å². The number of nitrogens with zero attached hydrogens (tertiary/aromatic N) is 1. The minimum absolute atomic E-state index is 0.107. The highest BCUT2D eigenvalue weighted by Gasteiger charge is 2.30. The lowest BCUT2D eigenvalue weighted by Gasteiger charge is -2.15. The first-order valence-corrected chi connectivity index (χ1v) is 8.46. The Kier molecular flexibility index (Phi) is 5.83. The van der Waals surface area contributed by atoms with Crippen LogP contribution in [-0.2, 0) is 13.1 Å². The molecule has 0 spiro atoms. The van der Waals surface area contributed by atoms with Crippen LogP contribution >= 0.6 is 22.6 Å². The number of carbonyl (C=O) groups is 1. The van der Waals surface area contributed by atoms with Gasteiger partial charge in [-0.1, -0.05) is 44.2 Å². The number of ether oxygens (including phenoxy) is 1. The molecular formula is C18H20INO2. The van der Waals surface area contributed by atoms with Crippen molar-refractivity contribution in [3.63, 3.8) is 0 Å². The smallest absolute Gasteiger partial charge is 0.255 e. The maximum absolute atomic E-state index is 12.5. The van der Waals surface area contributed by atoms with Crippen molar-refractivity contribution in [2.75, 3.05) is 7.11 Å². The molecule has 22 heavy (non-hydrogen) atoms. The third kappa shape index (κ3) is 3.43. The summed E-state index contributed by atoms with van der Waals surface area (Å²) in [5.41, 5.74) is 3.02. The van der Waals surface area contributed by atoms with E-state index >= 15 is 0 Å². The van der Waals surface area contributed by atoms with Gasteiger partial charge in [0, 0.05) is 16.7 Å². The molecule has 0 atom stereocenters. The summed E-state index contributed by atoms with van der Waals surface area (Å²) in [4.78, 5) is 14.4. The highest BCUT2D eigenvalue weighted by atomic mass is 127. The molecule has 0 aromatic heterocycles. The highest BCUT2D eigenvalue weighted by Crippen LogP contribution is 2.32. The molecule has 0 aliphatic carbocycles. The van der Waals surface area contributed by atoms with Crippen LogP contribution < -0.4 is 4.74 Å². The van der Waals surface area contributed by atoms with Gasteiger partial charge in [-0.15, -0.1) is 0 Å². The van der Waals surface area contributed by atoms with Gasteiger partial charge in [-0.3, -0.25) is 4.79 Å². The second-order valence-electron chi connectivity index (χ2n) is 4.79. The fourth-order valence-electron chi connectivity index (χ4n) is 2.49. The van der Waals surface area contributed by atoms with Crippen LogP contribution in [0.5, 0.6) is 5.75 Å². The van der Waals surface area contributed by atoms with E-state index < -0.39 is 0 Å². The minimum Gasteiger partial charge on any atom is -0.497 e. The van der Waals surface area contributed by atoms with Crippen LogP contribution in [-0.4, -0.2) is 17.9 Å². The first-order chi connectivity index (χ1) is 10.7. The zero-order valence-corrected chi connectivity index (χ0v) is 15.3. The molecule has 1 aliphatic rings. The van der Waals surface area contributed by atoms with E-state index in [0.717, 1.165) is 26.0 Å². The maximum atomic E-state index is 12.5. The first-order valence-electron chi connectivity index (χ1n) is 7.38. The van der Waals surface area contributed by atoms with Crippen molar-refractivity contribution in [3.8, 4) is 5.75 Å². The topological polar surface area (TPSA) is 29.5 Å². The van der Waals surface area contributed by atoms with Gasteiger partial charge in [0.2, 0.25) is 0 Å². The SMILES string of the molecule is CC.COc1cc(I)c2c(c1)CN(Cc1ccccc1)C2=O. The van der Waals surface area contributed by atoms with E-state index in [0.29, 0.717) is 13.1 Å². The van der Waals surface area contributed by atoms with Gasteiger partial charge in [-0.25, -0.2) is 0 Å². The van der Waals surface area contributed by atoms with E-state index in [4.69, 9.17) is 4.74 Å². The number of fused-ring (bicyclic) bond motifs is 1. The van der Waals surface area contributed by atoms with E-state index in [-0.39, 0.29) is 5.91 Å². The lowest BCUT2D eigenvalue weighted by atomic mass is 10.1.